The Balaban J connectivity index is 2.01. The minimum Gasteiger partial charge on any atom is -0.462 e. The molecular weight excluding hydrogens is 476 g/mol. The highest BCUT2D eigenvalue weighted by atomic mass is 79.9. The molecule has 0 aromatic carbocycles. The molecule has 0 aliphatic carbocycles. The molecule has 0 bridgehead atoms. The highest BCUT2D eigenvalue weighted by Crippen LogP contribution is 2.35. The van der Waals surface area contributed by atoms with Crippen LogP contribution in [0.5, 0.6) is 0 Å². The molecule has 0 unspecified atom stereocenters. The summed E-state index contributed by atoms with van der Waals surface area (Å²) in [6.45, 7) is 6.91. The lowest BCUT2D eigenvalue weighted by atomic mass is 10.1. The molecule has 9 nitrogen and oxygen atoms in total. The van der Waals surface area contributed by atoms with Crippen LogP contribution in [0.3, 0.4) is 0 Å². The average molecular weight is 495 g/mol. The molecule has 0 atom stereocenters. The zero-order chi connectivity index (χ0) is 22.0. The van der Waals surface area contributed by atoms with E-state index in [2.05, 4.69) is 31.3 Å². The highest BCUT2D eigenvalue weighted by Gasteiger charge is 2.29. The van der Waals surface area contributed by atoms with Crippen LogP contribution in [0, 0.1) is 6.92 Å². The Kier molecular flexibility index (Phi) is 6.52. The van der Waals surface area contributed by atoms with E-state index in [9.17, 15) is 14.4 Å². The van der Waals surface area contributed by atoms with Crippen molar-refractivity contribution in [3.8, 4) is 0 Å². The van der Waals surface area contributed by atoms with Crippen molar-refractivity contribution in [3.63, 3.8) is 0 Å². The van der Waals surface area contributed by atoms with E-state index in [4.69, 9.17) is 9.47 Å². The maximum Gasteiger partial charge on any atom is 0.348 e. The van der Waals surface area contributed by atoms with E-state index < -0.39 is 17.8 Å². The molecule has 0 saturated heterocycles. The minimum atomic E-state index is -0.639. The summed E-state index contributed by atoms with van der Waals surface area (Å²) < 4.78 is 12.2. The topological polar surface area (TPSA) is 112 Å². The smallest absolute Gasteiger partial charge is 0.348 e. The Labute approximate surface area is 184 Å². The number of ether oxygens (including phenoxy) is 2. The van der Waals surface area contributed by atoms with Gasteiger partial charge in [0.25, 0.3) is 5.91 Å². The molecular formula is C19H19BrN4O5S. The van der Waals surface area contributed by atoms with Gasteiger partial charge in [-0.25, -0.2) is 19.1 Å². The van der Waals surface area contributed by atoms with Gasteiger partial charge in [0, 0.05) is 12.4 Å². The lowest BCUT2D eigenvalue weighted by Crippen LogP contribution is -2.17. The van der Waals surface area contributed by atoms with E-state index in [0.717, 1.165) is 11.3 Å². The van der Waals surface area contributed by atoms with E-state index in [1.807, 2.05) is 0 Å². The maximum absolute atomic E-state index is 12.9. The molecule has 0 saturated carbocycles. The Morgan fingerprint density at radius 1 is 1.30 bits per heavy atom. The number of carbonyl (C=O) groups excluding carboxylic acids is 3. The number of carbonyl (C=O) groups is 3. The van der Waals surface area contributed by atoms with Crippen LogP contribution >= 0.6 is 27.3 Å². The van der Waals surface area contributed by atoms with Crippen molar-refractivity contribution in [2.45, 2.75) is 33.8 Å². The molecule has 3 aromatic heterocycles. The maximum atomic E-state index is 12.9. The largest absolute Gasteiger partial charge is 0.462 e. The number of halogens is 1. The van der Waals surface area contributed by atoms with Gasteiger partial charge in [-0.2, -0.15) is 5.10 Å². The monoisotopic (exact) mass is 494 g/mol. The number of hydrogen-bond acceptors (Lipinski definition) is 8. The number of amides is 1. The number of thiophene rings is 1. The first kappa shape index (κ1) is 21.9. The van der Waals surface area contributed by atoms with Crippen LogP contribution in [0.1, 0.15) is 56.9 Å². The van der Waals surface area contributed by atoms with Crippen molar-refractivity contribution < 1.29 is 23.9 Å². The zero-order valence-corrected chi connectivity index (χ0v) is 19.1. The molecule has 30 heavy (non-hydrogen) atoms. The fourth-order valence-corrected chi connectivity index (χ4v) is 4.31. The molecule has 0 aliphatic rings. The van der Waals surface area contributed by atoms with E-state index >= 15 is 0 Å². The second-order valence-corrected chi connectivity index (χ2v) is 8.25. The number of fused-ring (bicyclic) bond motifs is 1. The van der Waals surface area contributed by atoms with Crippen molar-refractivity contribution in [2.75, 3.05) is 11.9 Å². The van der Waals surface area contributed by atoms with Gasteiger partial charge in [-0.05, 0) is 55.3 Å². The van der Waals surface area contributed by atoms with Crippen LogP contribution < -0.4 is 5.32 Å². The van der Waals surface area contributed by atoms with Crippen molar-refractivity contribution in [1.29, 1.82) is 0 Å². The molecule has 158 valence electrons. The van der Waals surface area contributed by atoms with Crippen LogP contribution in [-0.4, -0.2) is 45.2 Å². The molecule has 3 aromatic rings. The first-order valence-corrected chi connectivity index (χ1v) is 10.7. The van der Waals surface area contributed by atoms with Gasteiger partial charge in [0.05, 0.1) is 22.7 Å². The number of esters is 2. The van der Waals surface area contributed by atoms with Crippen molar-refractivity contribution >= 4 is 55.8 Å². The molecule has 11 heteroatoms. The standard InChI is InChI=1S/C19H19BrN4O5S/c1-5-28-19(27)14-10(4)11(18(26)29-9(2)3)17(30-14)22-16(25)13-12(20)15-21-7-6-8-24(15)23-13/h6-9H,5H2,1-4H3,(H,22,25). The Hall–Kier alpha value is -2.79. The van der Waals surface area contributed by atoms with Crippen molar-refractivity contribution in [2.24, 2.45) is 0 Å². The molecule has 1 amide bonds. The predicted octanol–water partition coefficient (Wildman–Crippen LogP) is 3.86. The SMILES string of the molecule is CCOC(=O)c1sc(NC(=O)c2nn3cccnc3c2Br)c(C(=O)OC(C)C)c1C. The fourth-order valence-electron chi connectivity index (χ4n) is 2.68. The number of rotatable bonds is 6. The molecule has 0 fully saturated rings. The van der Waals surface area contributed by atoms with Crippen LogP contribution in [0.4, 0.5) is 5.00 Å². The highest BCUT2D eigenvalue weighted by molar-refractivity contribution is 9.10. The summed E-state index contributed by atoms with van der Waals surface area (Å²) >= 11 is 4.29. The number of nitrogens with one attached hydrogen (secondary N) is 1. The average Bonchev–Trinajstić information content (AvgIpc) is 3.19. The first-order valence-electron chi connectivity index (χ1n) is 9.06. The van der Waals surface area contributed by atoms with Crippen molar-refractivity contribution in [1.82, 2.24) is 14.6 Å². The van der Waals surface area contributed by atoms with E-state index in [-0.39, 0.29) is 33.8 Å². The third-order valence-corrected chi connectivity index (χ3v) is 5.85. The van der Waals surface area contributed by atoms with Gasteiger partial charge in [-0.1, -0.05) is 0 Å². The van der Waals surface area contributed by atoms with Crippen LogP contribution in [0.2, 0.25) is 0 Å². The molecule has 0 spiro atoms. The van der Waals surface area contributed by atoms with Gasteiger partial charge in [0.15, 0.2) is 11.3 Å². The second kappa shape index (κ2) is 8.92. The quantitative estimate of drug-likeness (QED) is 0.517. The van der Waals surface area contributed by atoms with Gasteiger partial charge in [0.2, 0.25) is 0 Å². The summed E-state index contributed by atoms with van der Waals surface area (Å²) in [5, 5.41) is 7.08. The first-order chi connectivity index (χ1) is 14.2. The van der Waals surface area contributed by atoms with Crippen molar-refractivity contribution in [3.05, 3.63) is 44.6 Å². The number of aromatic nitrogens is 3. The number of hydrogen-bond donors (Lipinski definition) is 1. The van der Waals surface area contributed by atoms with Gasteiger partial charge < -0.3 is 14.8 Å². The number of nitrogens with zero attached hydrogens (tertiary/aromatic N) is 3. The van der Waals surface area contributed by atoms with Gasteiger partial charge in [0.1, 0.15) is 9.88 Å². The van der Waals surface area contributed by atoms with E-state index in [0.29, 0.717) is 15.7 Å². The third-order valence-electron chi connectivity index (χ3n) is 3.94. The summed E-state index contributed by atoms with van der Waals surface area (Å²) in [7, 11) is 0. The van der Waals surface area contributed by atoms with Gasteiger partial charge >= 0.3 is 11.9 Å². The molecule has 0 aliphatic heterocycles. The predicted molar refractivity (Wildman–Crippen MR) is 114 cm³/mol. The Morgan fingerprint density at radius 3 is 2.67 bits per heavy atom. The normalized spacial score (nSPS) is 11.0. The summed E-state index contributed by atoms with van der Waals surface area (Å²) in [6, 6.07) is 1.68. The Morgan fingerprint density at radius 2 is 2.03 bits per heavy atom. The number of anilines is 1. The van der Waals surface area contributed by atoms with Crippen LogP contribution in [0.15, 0.2) is 22.9 Å². The summed E-state index contributed by atoms with van der Waals surface area (Å²) in [4.78, 5) is 42.3. The molecule has 0 radical (unpaired) electrons. The zero-order valence-electron chi connectivity index (χ0n) is 16.7. The van der Waals surface area contributed by atoms with Crippen LogP contribution in [0.25, 0.3) is 5.65 Å². The minimum absolute atomic E-state index is 0.0839. The third kappa shape index (κ3) is 4.21. The van der Waals surface area contributed by atoms with E-state index in [1.54, 1.807) is 46.2 Å². The Bertz CT molecular complexity index is 1140. The summed E-state index contributed by atoms with van der Waals surface area (Å²) in [6.07, 6.45) is 2.87. The molecule has 3 rings (SSSR count). The summed E-state index contributed by atoms with van der Waals surface area (Å²) in [5.41, 5.74) is 1.05. The molecule has 3 heterocycles. The summed E-state index contributed by atoms with van der Waals surface area (Å²) in [5.74, 6) is -1.78. The fraction of sp³-hybridized carbons (Fsp3) is 0.316. The van der Waals surface area contributed by atoms with E-state index in [1.165, 1.54) is 4.52 Å². The van der Waals surface area contributed by atoms with Gasteiger partial charge in [-0.3, -0.25) is 4.79 Å². The lowest BCUT2D eigenvalue weighted by molar-refractivity contribution is 0.0379. The van der Waals surface area contributed by atoms with Gasteiger partial charge in [-0.15, -0.1) is 11.3 Å². The lowest BCUT2D eigenvalue weighted by Gasteiger charge is -2.10. The molecule has 1 N–H and O–H groups in total. The van der Waals surface area contributed by atoms with Crippen LogP contribution in [-0.2, 0) is 9.47 Å². The second-order valence-electron chi connectivity index (χ2n) is 6.44.